The zero-order chi connectivity index (χ0) is 21.6. The van der Waals surface area contributed by atoms with Crippen LogP contribution in [0.2, 0.25) is 0 Å². The van der Waals surface area contributed by atoms with Crippen LogP contribution in [0.5, 0.6) is 0 Å². The second-order valence-electron chi connectivity index (χ2n) is 9.61. The van der Waals surface area contributed by atoms with Crippen LogP contribution in [-0.2, 0) is 11.4 Å². The van der Waals surface area contributed by atoms with Crippen molar-refractivity contribution in [2.24, 2.45) is 11.8 Å². The van der Waals surface area contributed by atoms with Crippen molar-refractivity contribution in [3.63, 3.8) is 0 Å². The van der Waals surface area contributed by atoms with Crippen LogP contribution in [0.4, 0.5) is 0 Å². The lowest BCUT2D eigenvalue weighted by Crippen LogP contribution is -2.47. The second-order valence-corrected chi connectivity index (χ2v) is 9.61. The number of nitrogens with zero attached hydrogens (tertiary/aromatic N) is 3. The molecule has 172 valence electrons. The zero-order valence-corrected chi connectivity index (χ0v) is 20.0. The molecule has 1 heterocycles. The summed E-state index contributed by atoms with van der Waals surface area (Å²) in [5.74, 6) is 1.51. The van der Waals surface area contributed by atoms with Crippen LogP contribution >= 0.6 is 0 Å². The Morgan fingerprint density at radius 3 is 2.00 bits per heavy atom. The number of hydrogen-bond acceptors (Lipinski definition) is 5. The monoisotopic (exact) mass is 418 g/mol. The molecule has 1 saturated heterocycles. The molecule has 0 aromatic heterocycles. The fourth-order valence-electron chi connectivity index (χ4n) is 4.20. The van der Waals surface area contributed by atoms with Crippen LogP contribution in [0.3, 0.4) is 0 Å². The summed E-state index contributed by atoms with van der Waals surface area (Å²) in [5.41, 5.74) is 4.31. The smallest absolute Gasteiger partial charge is 0.0933 e. The highest BCUT2D eigenvalue weighted by molar-refractivity contribution is 5.13. The topological polar surface area (TPSA) is 31.0 Å². The van der Waals surface area contributed by atoms with Gasteiger partial charge < -0.3 is 14.7 Å². The van der Waals surface area contributed by atoms with E-state index in [0.717, 1.165) is 31.3 Å². The SMILES string of the molecule is CC(C)CN(CCCN1CCN(CCCNOCc2ccccc2)CC1)CC(C)C. The zero-order valence-electron chi connectivity index (χ0n) is 20.0. The lowest BCUT2D eigenvalue weighted by Gasteiger charge is -2.35. The summed E-state index contributed by atoms with van der Waals surface area (Å²) in [6.07, 6.45) is 2.43. The van der Waals surface area contributed by atoms with Crippen molar-refractivity contribution in [1.82, 2.24) is 20.2 Å². The van der Waals surface area contributed by atoms with Gasteiger partial charge in [-0.15, -0.1) is 0 Å². The summed E-state index contributed by atoms with van der Waals surface area (Å²) in [5, 5.41) is 0. The quantitative estimate of drug-likeness (QED) is 0.347. The molecule has 1 aliphatic heterocycles. The van der Waals surface area contributed by atoms with Crippen LogP contribution in [0.1, 0.15) is 46.1 Å². The van der Waals surface area contributed by atoms with Gasteiger partial charge in [0.1, 0.15) is 0 Å². The second kappa shape index (κ2) is 14.9. The van der Waals surface area contributed by atoms with E-state index in [4.69, 9.17) is 4.84 Å². The largest absolute Gasteiger partial charge is 0.303 e. The van der Waals surface area contributed by atoms with Gasteiger partial charge in [0.2, 0.25) is 0 Å². The van der Waals surface area contributed by atoms with Gasteiger partial charge in [-0.25, -0.2) is 5.48 Å². The molecule has 5 heteroatoms. The summed E-state index contributed by atoms with van der Waals surface area (Å²) in [6, 6.07) is 10.3. The molecule has 2 rings (SSSR count). The first-order chi connectivity index (χ1) is 14.5. The van der Waals surface area contributed by atoms with E-state index in [1.807, 2.05) is 18.2 Å². The van der Waals surface area contributed by atoms with Crippen LogP contribution in [-0.4, -0.2) is 80.1 Å². The third-order valence-electron chi connectivity index (χ3n) is 5.60. The van der Waals surface area contributed by atoms with Crippen LogP contribution in [0.15, 0.2) is 30.3 Å². The molecule has 0 spiro atoms. The molecule has 0 aliphatic carbocycles. The molecule has 0 amide bonds. The number of hydroxylamine groups is 1. The van der Waals surface area contributed by atoms with Crippen molar-refractivity contribution in [3.05, 3.63) is 35.9 Å². The maximum atomic E-state index is 5.56. The lowest BCUT2D eigenvalue weighted by atomic mass is 10.1. The first-order valence-electron chi connectivity index (χ1n) is 12.1. The molecule has 0 radical (unpaired) electrons. The highest BCUT2D eigenvalue weighted by Crippen LogP contribution is 2.07. The van der Waals surface area contributed by atoms with Gasteiger partial charge in [0.05, 0.1) is 6.61 Å². The summed E-state index contributed by atoms with van der Waals surface area (Å²) < 4.78 is 0. The first-order valence-corrected chi connectivity index (χ1v) is 12.1. The van der Waals surface area contributed by atoms with Crippen molar-refractivity contribution < 1.29 is 4.84 Å². The van der Waals surface area contributed by atoms with Gasteiger partial charge >= 0.3 is 0 Å². The minimum atomic E-state index is 0.630. The number of nitrogens with one attached hydrogen (secondary N) is 1. The molecule has 0 atom stereocenters. The number of piperazine rings is 1. The van der Waals surface area contributed by atoms with E-state index in [1.54, 1.807) is 0 Å². The Morgan fingerprint density at radius 2 is 1.43 bits per heavy atom. The summed E-state index contributed by atoms with van der Waals surface area (Å²) in [6.45, 7) is 21.8. The fraction of sp³-hybridized carbons (Fsp3) is 0.760. The lowest BCUT2D eigenvalue weighted by molar-refractivity contribution is 0.0250. The standard InChI is InChI=1S/C25H46N4O/c1-23(2)20-29(21-24(3)4)15-9-14-28-18-16-27(17-19-28)13-8-12-26-30-22-25-10-6-5-7-11-25/h5-7,10-11,23-24,26H,8-9,12-22H2,1-4H3. The summed E-state index contributed by atoms with van der Waals surface area (Å²) >= 11 is 0. The van der Waals surface area contributed by atoms with Crippen molar-refractivity contribution in [2.75, 3.05) is 65.4 Å². The number of hydrogen-bond donors (Lipinski definition) is 1. The average molecular weight is 419 g/mol. The molecule has 0 unspecified atom stereocenters. The Labute approximate surface area is 185 Å². The molecule has 1 fully saturated rings. The van der Waals surface area contributed by atoms with E-state index in [2.05, 4.69) is 60.0 Å². The minimum absolute atomic E-state index is 0.630. The average Bonchev–Trinajstić information content (AvgIpc) is 2.71. The van der Waals surface area contributed by atoms with Gasteiger partial charge in [-0.2, -0.15) is 0 Å². The van der Waals surface area contributed by atoms with Gasteiger partial charge in [-0.1, -0.05) is 58.0 Å². The van der Waals surface area contributed by atoms with Gasteiger partial charge in [0, 0.05) is 45.8 Å². The first kappa shape index (κ1) is 25.3. The molecule has 1 aromatic carbocycles. The normalized spacial score (nSPS) is 16.2. The van der Waals surface area contributed by atoms with E-state index in [1.165, 1.54) is 64.3 Å². The summed E-state index contributed by atoms with van der Waals surface area (Å²) in [7, 11) is 0. The van der Waals surface area contributed by atoms with Crippen LogP contribution in [0, 0.1) is 11.8 Å². The minimum Gasteiger partial charge on any atom is -0.303 e. The predicted octanol–water partition coefficient (Wildman–Crippen LogP) is 3.72. The molecule has 1 aliphatic rings. The third-order valence-corrected chi connectivity index (χ3v) is 5.60. The molecule has 0 saturated carbocycles. The maximum Gasteiger partial charge on any atom is 0.0933 e. The Balaban J connectivity index is 1.48. The fourth-order valence-corrected chi connectivity index (χ4v) is 4.20. The van der Waals surface area contributed by atoms with Gasteiger partial charge in [0.15, 0.2) is 0 Å². The predicted molar refractivity (Wildman–Crippen MR) is 127 cm³/mol. The summed E-state index contributed by atoms with van der Waals surface area (Å²) in [4.78, 5) is 13.5. The molecule has 30 heavy (non-hydrogen) atoms. The van der Waals surface area contributed by atoms with E-state index in [9.17, 15) is 0 Å². The van der Waals surface area contributed by atoms with Crippen LogP contribution < -0.4 is 5.48 Å². The molecule has 0 bridgehead atoms. The van der Waals surface area contributed by atoms with E-state index >= 15 is 0 Å². The molecule has 1 aromatic rings. The Morgan fingerprint density at radius 1 is 0.867 bits per heavy atom. The Hall–Kier alpha value is -0.980. The molecular formula is C25H46N4O. The Bertz CT molecular complexity index is 519. The van der Waals surface area contributed by atoms with Gasteiger partial charge in [-0.05, 0) is 49.9 Å². The highest BCUT2D eigenvalue weighted by atomic mass is 16.6. The Kier molecular flexibility index (Phi) is 12.6. The van der Waals surface area contributed by atoms with Crippen LogP contribution in [0.25, 0.3) is 0 Å². The van der Waals surface area contributed by atoms with E-state index in [0.29, 0.717) is 6.61 Å². The van der Waals surface area contributed by atoms with Crippen molar-refractivity contribution in [1.29, 1.82) is 0 Å². The van der Waals surface area contributed by atoms with Gasteiger partial charge in [-0.3, -0.25) is 4.84 Å². The van der Waals surface area contributed by atoms with E-state index < -0.39 is 0 Å². The van der Waals surface area contributed by atoms with E-state index in [-0.39, 0.29) is 0 Å². The maximum absolute atomic E-state index is 5.56. The van der Waals surface area contributed by atoms with Crippen molar-refractivity contribution >= 4 is 0 Å². The third kappa shape index (κ3) is 11.4. The molecule has 5 nitrogen and oxygen atoms in total. The molecular weight excluding hydrogens is 372 g/mol. The van der Waals surface area contributed by atoms with Gasteiger partial charge in [0.25, 0.3) is 0 Å². The number of rotatable bonds is 15. The highest BCUT2D eigenvalue weighted by Gasteiger charge is 2.16. The van der Waals surface area contributed by atoms with Crippen molar-refractivity contribution in [2.45, 2.75) is 47.1 Å². The number of benzene rings is 1. The van der Waals surface area contributed by atoms with Crippen molar-refractivity contribution in [3.8, 4) is 0 Å². The molecule has 1 N–H and O–H groups in total.